The van der Waals surface area contributed by atoms with Crippen LogP contribution in [0.25, 0.3) is 11.5 Å². The molecule has 1 amide bonds. The second-order valence-electron chi connectivity index (χ2n) is 5.39. The topological polar surface area (TPSA) is 102 Å². The first-order valence-electron chi connectivity index (χ1n) is 7.78. The summed E-state index contributed by atoms with van der Waals surface area (Å²) in [5.41, 5.74) is 4.00. The van der Waals surface area contributed by atoms with Crippen LogP contribution in [0.15, 0.2) is 45.9 Å². The zero-order valence-corrected chi connectivity index (χ0v) is 14.6. The number of hydrogen-bond acceptors (Lipinski definition) is 6. The molecule has 2 heterocycles. The number of methoxy groups -OCH3 is 2. The number of nitrogens with one attached hydrogen (secondary N) is 2. The molecule has 0 aliphatic carbocycles. The molecular formula is C18H18N4O4. The predicted octanol–water partition coefficient (Wildman–Crippen LogP) is 2.76. The molecule has 26 heavy (non-hydrogen) atoms. The van der Waals surface area contributed by atoms with Crippen LogP contribution in [-0.4, -0.2) is 36.5 Å². The summed E-state index contributed by atoms with van der Waals surface area (Å²) in [6.45, 7) is 1.84. The number of aromatic amines is 1. The lowest BCUT2D eigenvalue weighted by atomic mass is 10.2. The number of benzene rings is 1. The number of hydrazone groups is 1. The highest BCUT2D eigenvalue weighted by molar-refractivity contribution is 5.94. The molecule has 2 aromatic heterocycles. The molecule has 3 rings (SSSR count). The van der Waals surface area contributed by atoms with Crippen molar-refractivity contribution in [2.45, 2.75) is 6.92 Å². The van der Waals surface area contributed by atoms with E-state index in [9.17, 15) is 4.79 Å². The van der Waals surface area contributed by atoms with Gasteiger partial charge >= 0.3 is 0 Å². The molecule has 8 nitrogen and oxygen atoms in total. The molecule has 0 saturated carbocycles. The van der Waals surface area contributed by atoms with Gasteiger partial charge in [-0.3, -0.25) is 9.89 Å². The summed E-state index contributed by atoms with van der Waals surface area (Å²) in [5.74, 6) is 2.15. The fourth-order valence-corrected chi connectivity index (χ4v) is 2.30. The maximum Gasteiger partial charge on any atom is 0.291 e. The van der Waals surface area contributed by atoms with Gasteiger partial charge in [-0.25, -0.2) is 5.43 Å². The minimum atomic E-state index is -0.437. The quantitative estimate of drug-likeness (QED) is 0.523. The third-order valence-corrected chi connectivity index (χ3v) is 3.60. The van der Waals surface area contributed by atoms with Crippen molar-refractivity contribution in [2.24, 2.45) is 5.10 Å². The first-order chi connectivity index (χ1) is 12.6. The second-order valence-corrected chi connectivity index (χ2v) is 5.39. The molecule has 0 atom stereocenters. The third-order valence-electron chi connectivity index (χ3n) is 3.60. The van der Waals surface area contributed by atoms with Gasteiger partial charge in [0.2, 0.25) is 0 Å². The van der Waals surface area contributed by atoms with Gasteiger partial charge < -0.3 is 13.9 Å². The van der Waals surface area contributed by atoms with Crippen LogP contribution in [0.5, 0.6) is 11.5 Å². The van der Waals surface area contributed by atoms with Gasteiger partial charge in [0.15, 0.2) is 23.0 Å². The number of carbonyl (C=O) groups is 1. The molecule has 0 aliphatic heterocycles. The van der Waals surface area contributed by atoms with Crippen molar-refractivity contribution in [1.29, 1.82) is 0 Å². The lowest BCUT2D eigenvalue weighted by Gasteiger charge is -2.07. The molecule has 0 spiro atoms. The van der Waals surface area contributed by atoms with Crippen molar-refractivity contribution in [3.63, 3.8) is 0 Å². The zero-order chi connectivity index (χ0) is 18.5. The van der Waals surface area contributed by atoms with Gasteiger partial charge in [-0.15, -0.1) is 0 Å². The van der Waals surface area contributed by atoms with Crippen LogP contribution in [0.4, 0.5) is 0 Å². The SMILES string of the molecule is COc1ccc(C=NNC(=O)c2cc(-c3ccc(C)o3)[nH]n2)cc1OC. The lowest BCUT2D eigenvalue weighted by molar-refractivity contribution is 0.0950. The summed E-state index contributed by atoms with van der Waals surface area (Å²) < 4.78 is 15.9. The molecule has 134 valence electrons. The largest absolute Gasteiger partial charge is 0.493 e. The van der Waals surface area contributed by atoms with Gasteiger partial charge in [0.25, 0.3) is 5.91 Å². The molecule has 0 bridgehead atoms. The maximum atomic E-state index is 12.1. The second kappa shape index (κ2) is 7.56. The van der Waals surface area contributed by atoms with E-state index >= 15 is 0 Å². The van der Waals surface area contributed by atoms with Crippen LogP contribution in [-0.2, 0) is 0 Å². The fourth-order valence-electron chi connectivity index (χ4n) is 2.30. The molecule has 3 aromatic rings. The molecule has 0 aliphatic rings. The number of nitrogens with zero attached hydrogens (tertiary/aromatic N) is 2. The molecular weight excluding hydrogens is 336 g/mol. The highest BCUT2D eigenvalue weighted by atomic mass is 16.5. The minimum Gasteiger partial charge on any atom is -0.493 e. The van der Waals surface area contributed by atoms with E-state index in [-0.39, 0.29) is 5.69 Å². The fraction of sp³-hybridized carbons (Fsp3) is 0.167. The Kier molecular flexibility index (Phi) is 5.02. The molecule has 0 saturated heterocycles. The van der Waals surface area contributed by atoms with Crippen molar-refractivity contribution in [3.05, 3.63) is 53.4 Å². The van der Waals surface area contributed by atoms with Gasteiger partial charge in [0.1, 0.15) is 11.5 Å². The Morgan fingerprint density at radius 1 is 1.19 bits per heavy atom. The number of amides is 1. The molecule has 1 aromatic carbocycles. The van der Waals surface area contributed by atoms with Crippen molar-refractivity contribution in [1.82, 2.24) is 15.6 Å². The number of aromatic nitrogens is 2. The lowest BCUT2D eigenvalue weighted by Crippen LogP contribution is -2.18. The Labute approximate surface area is 149 Å². The predicted molar refractivity (Wildman–Crippen MR) is 95.6 cm³/mol. The van der Waals surface area contributed by atoms with Crippen LogP contribution in [0.2, 0.25) is 0 Å². The van der Waals surface area contributed by atoms with E-state index in [0.29, 0.717) is 23.0 Å². The van der Waals surface area contributed by atoms with E-state index in [0.717, 1.165) is 11.3 Å². The monoisotopic (exact) mass is 354 g/mol. The average Bonchev–Trinajstić information content (AvgIpc) is 3.30. The first-order valence-corrected chi connectivity index (χ1v) is 7.78. The number of H-pyrrole nitrogens is 1. The van der Waals surface area contributed by atoms with Crippen LogP contribution in [0, 0.1) is 6.92 Å². The normalized spacial score (nSPS) is 10.9. The molecule has 0 radical (unpaired) electrons. The van der Waals surface area contributed by atoms with E-state index in [2.05, 4.69) is 20.7 Å². The molecule has 0 fully saturated rings. The number of hydrogen-bond donors (Lipinski definition) is 2. The number of rotatable bonds is 6. The maximum absolute atomic E-state index is 12.1. The van der Waals surface area contributed by atoms with Crippen LogP contribution in [0.1, 0.15) is 21.8 Å². The van der Waals surface area contributed by atoms with Gasteiger partial charge in [0, 0.05) is 6.07 Å². The van der Waals surface area contributed by atoms with Crippen molar-refractivity contribution >= 4 is 12.1 Å². The Balaban J connectivity index is 1.65. The van der Waals surface area contributed by atoms with Crippen molar-refractivity contribution in [2.75, 3.05) is 14.2 Å². The zero-order valence-electron chi connectivity index (χ0n) is 14.6. The minimum absolute atomic E-state index is 0.207. The third kappa shape index (κ3) is 3.75. The number of furan rings is 1. The molecule has 2 N–H and O–H groups in total. The average molecular weight is 354 g/mol. The standard InChI is InChI=1S/C18H18N4O4/c1-11-4-6-15(26-11)13-9-14(21-20-13)18(23)22-19-10-12-5-7-16(24-2)17(8-12)25-3/h4-10H,1-3H3,(H,20,21)(H,22,23). The van der Waals surface area contributed by atoms with Crippen molar-refractivity contribution < 1.29 is 18.7 Å². The van der Waals surface area contributed by atoms with E-state index in [1.807, 2.05) is 13.0 Å². The van der Waals surface area contributed by atoms with E-state index in [1.165, 1.54) is 6.21 Å². The van der Waals surface area contributed by atoms with Gasteiger partial charge in [0.05, 0.1) is 20.4 Å². The van der Waals surface area contributed by atoms with E-state index in [1.54, 1.807) is 44.6 Å². The Hall–Kier alpha value is -3.55. The van der Waals surface area contributed by atoms with Gasteiger partial charge in [-0.1, -0.05) is 0 Å². The van der Waals surface area contributed by atoms with Gasteiger partial charge in [-0.05, 0) is 42.8 Å². The summed E-state index contributed by atoms with van der Waals surface area (Å²) in [6.07, 6.45) is 1.50. The highest BCUT2D eigenvalue weighted by Gasteiger charge is 2.12. The van der Waals surface area contributed by atoms with Crippen molar-refractivity contribution in [3.8, 4) is 23.0 Å². The Morgan fingerprint density at radius 2 is 2.00 bits per heavy atom. The van der Waals surface area contributed by atoms with Crippen LogP contribution >= 0.6 is 0 Å². The number of ether oxygens (including phenoxy) is 2. The molecule has 8 heteroatoms. The van der Waals surface area contributed by atoms with Crippen LogP contribution < -0.4 is 14.9 Å². The summed E-state index contributed by atoms with van der Waals surface area (Å²) >= 11 is 0. The summed E-state index contributed by atoms with van der Waals surface area (Å²) in [7, 11) is 3.12. The number of carbonyl (C=O) groups excluding carboxylic acids is 1. The number of aryl methyl sites for hydroxylation is 1. The Morgan fingerprint density at radius 3 is 2.69 bits per heavy atom. The molecule has 0 unspecified atom stereocenters. The highest BCUT2D eigenvalue weighted by Crippen LogP contribution is 2.26. The van der Waals surface area contributed by atoms with E-state index in [4.69, 9.17) is 13.9 Å². The van der Waals surface area contributed by atoms with E-state index < -0.39 is 5.91 Å². The summed E-state index contributed by atoms with van der Waals surface area (Å²) in [4.78, 5) is 12.1. The summed E-state index contributed by atoms with van der Waals surface area (Å²) in [5, 5.41) is 10.7. The smallest absolute Gasteiger partial charge is 0.291 e. The van der Waals surface area contributed by atoms with Crippen LogP contribution in [0.3, 0.4) is 0 Å². The summed E-state index contributed by atoms with van der Waals surface area (Å²) in [6, 6.07) is 10.5. The van der Waals surface area contributed by atoms with Gasteiger partial charge in [-0.2, -0.15) is 10.2 Å². The first kappa shape index (κ1) is 17.3. The Bertz CT molecular complexity index is 942.